The molecular formula is C23H30O4S. The van der Waals surface area contributed by atoms with Crippen LogP contribution in [0.25, 0.3) is 0 Å². The van der Waals surface area contributed by atoms with Crippen LogP contribution in [0.1, 0.15) is 48.4 Å². The summed E-state index contributed by atoms with van der Waals surface area (Å²) in [6.45, 7) is 5.91. The zero-order valence-corrected chi connectivity index (χ0v) is 18.0. The largest absolute Gasteiger partial charge is 0.495 e. The van der Waals surface area contributed by atoms with Crippen molar-refractivity contribution in [1.82, 2.24) is 0 Å². The van der Waals surface area contributed by atoms with Gasteiger partial charge in [0.05, 0.1) is 12.0 Å². The fraction of sp³-hybridized carbons (Fsp3) is 0.435. The van der Waals surface area contributed by atoms with Gasteiger partial charge in [-0.3, -0.25) is 0 Å². The molecule has 0 spiro atoms. The molecule has 2 aromatic carbocycles. The highest BCUT2D eigenvalue weighted by Gasteiger charge is 2.12. The van der Waals surface area contributed by atoms with E-state index < -0.39 is 5.97 Å². The molecule has 0 aliphatic heterocycles. The molecule has 152 valence electrons. The van der Waals surface area contributed by atoms with Crippen molar-refractivity contribution in [1.29, 1.82) is 0 Å². The SMILES string of the molecule is CCCCCc1ccc(C)cc1CSc1cc(C)c(OCC(=O)O)cc1OC. The Hall–Kier alpha value is -2.14. The molecule has 1 N–H and O–H groups in total. The first kappa shape index (κ1) is 22.2. The van der Waals surface area contributed by atoms with Crippen molar-refractivity contribution in [3.63, 3.8) is 0 Å². The van der Waals surface area contributed by atoms with Crippen molar-refractivity contribution >= 4 is 17.7 Å². The zero-order chi connectivity index (χ0) is 20.5. The third-order valence-electron chi connectivity index (χ3n) is 4.61. The lowest BCUT2D eigenvalue weighted by atomic mass is 10.0. The van der Waals surface area contributed by atoms with Crippen LogP contribution in [-0.2, 0) is 17.0 Å². The van der Waals surface area contributed by atoms with Crippen molar-refractivity contribution < 1.29 is 19.4 Å². The quantitative estimate of drug-likeness (QED) is 0.380. The Morgan fingerprint density at radius 1 is 1.07 bits per heavy atom. The third-order valence-corrected chi connectivity index (χ3v) is 5.69. The first-order valence-corrected chi connectivity index (χ1v) is 10.7. The number of hydrogen-bond donors (Lipinski definition) is 1. The van der Waals surface area contributed by atoms with Crippen LogP contribution in [0.4, 0.5) is 0 Å². The molecule has 0 heterocycles. The van der Waals surface area contributed by atoms with E-state index in [4.69, 9.17) is 14.6 Å². The molecule has 0 fully saturated rings. The van der Waals surface area contributed by atoms with E-state index in [1.165, 1.54) is 36.0 Å². The van der Waals surface area contributed by atoms with Gasteiger partial charge in [0.15, 0.2) is 6.61 Å². The normalized spacial score (nSPS) is 10.7. The van der Waals surface area contributed by atoms with Crippen LogP contribution in [0.3, 0.4) is 0 Å². The average Bonchev–Trinajstić information content (AvgIpc) is 2.67. The number of aryl methyl sites for hydroxylation is 3. The Bertz CT molecular complexity index is 801. The second-order valence-corrected chi connectivity index (χ2v) is 7.99. The van der Waals surface area contributed by atoms with E-state index >= 15 is 0 Å². The molecule has 28 heavy (non-hydrogen) atoms. The van der Waals surface area contributed by atoms with Crippen molar-refractivity contribution in [2.45, 2.75) is 57.1 Å². The second kappa shape index (κ2) is 11.0. The third kappa shape index (κ3) is 6.48. The highest BCUT2D eigenvalue weighted by molar-refractivity contribution is 7.98. The van der Waals surface area contributed by atoms with Crippen LogP contribution < -0.4 is 9.47 Å². The Labute approximate surface area is 172 Å². The van der Waals surface area contributed by atoms with Crippen LogP contribution in [0.5, 0.6) is 11.5 Å². The summed E-state index contributed by atoms with van der Waals surface area (Å²) < 4.78 is 10.9. The fourth-order valence-corrected chi connectivity index (χ4v) is 4.19. The summed E-state index contributed by atoms with van der Waals surface area (Å²) in [5, 5.41) is 8.82. The van der Waals surface area contributed by atoms with Gasteiger partial charge in [0.25, 0.3) is 0 Å². The summed E-state index contributed by atoms with van der Waals surface area (Å²) in [5.41, 5.74) is 4.96. The standard InChI is InChI=1S/C23H30O4S/c1-5-6-7-8-18-10-9-16(2)11-19(18)15-28-22-12-17(3)20(13-21(22)26-4)27-14-23(24)25/h9-13H,5-8,14-15H2,1-4H3,(H,24,25). The molecular weight excluding hydrogens is 372 g/mol. The molecule has 2 rings (SSSR count). The van der Waals surface area contributed by atoms with Gasteiger partial charge in [-0.25, -0.2) is 4.79 Å². The first-order chi connectivity index (χ1) is 13.4. The van der Waals surface area contributed by atoms with Gasteiger partial charge < -0.3 is 14.6 Å². The van der Waals surface area contributed by atoms with Gasteiger partial charge in [-0.15, -0.1) is 11.8 Å². The summed E-state index contributed by atoms with van der Waals surface area (Å²) in [6, 6.07) is 10.5. The van der Waals surface area contributed by atoms with E-state index in [0.29, 0.717) is 11.5 Å². The number of aliphatic carboxylic acids is 1. The van der Waals surface area contributed by atoms with Gasteiger partial charge in [-0.2, -0.15) is 0 Å². The van der Waals surface area contributed by atoms with Crippen molar-refractivity contribution in [2.75, 3.05) is 13.7 Å². The van der Waals surface area contributed by atoms with Crippen LogP contribution in [0.15, 0.2) is 35.2 Å². The molecule has 0 saturated heterocycles. The average molecular weight is 403 g/mol. The van der Waals surface area contributed by atoms with E-state index in [9.17, 15) is 4.79 Å². The minimum atomic E-state index is -0.994. The molecule has 0 atom stereocenters. The van der Waals surface area contributed by atoms with E-state index in [0.717, 1.165) is 22.6 Å². The smallest absolute Gasteiger partial charge is 0.341 e. The van der Waals surface area contributed by atoms with E-state index in [2.05, 4.69) is 32.0 Å². The summed E-state index contributed by atoms with van der Waals surface area (Å²) in [6.07, 6.45) is 4.81. The highest BCUT2D eigenvalue weighted by atomic mass is 32.2. The maximum atomic E-state index is 10.8. The lowest BCUT2D eigenvalue weighted by Gasteiger charge is -2.15. The molecule has 0 saturated carbocycles. The molecule has 0 aliphatic carbocycles. The van der Waals surface area contributed by atoms with Crippen molar-refractivity contribution in [3.05, 3.63) is 52.6 Å². The van der Waals surface area contributed by atoms with Crippen molar-refractivity contribution in [2.24, 2.45) is 0 Å². The van der Waals surface area contributed by atoms with E-state index in [1.54, 1.807) is 24.9 Å². The lowest BCUT2D eigenvalue weighted by molar-refractivity contribution is -0.139. The number of unbranched alkanes of at least 4 members (excludes halogenated alkanes) is 2. The number of carboxylic acids is 1. The minimum absolute atomic E-state index is 0.360. The molecule has 5 heteroatoms. The number of benzene rings is 2. The van der Waals surface area contributed by atoms with Gasteiger partial charge in [0.2, 0.25) is 0 Å². The van der Waals surface area contributed by atoms with Gasteiger partial charge in [0, 0.05) is 11.8 Å². The molecule has 0 radical (unpaired) electrons. The minimum Gasteiger partial charge on any atom is -0.495 e. The number of carboxylic acid groups (broad SMARTS) is 1. The maximum absolute atomic E-state index is 10.8. The van der Waals surface area contributed by atoms with Crippen LogP contribution in [0, 0.1) is 13.8 Å². The summed E-state index contributed by atoms with van der Waals surface area (Å²) in [4.78, 5) is 11.8. The number of hydrogen-bond acceptors (Lipinski definition) is 4. The fourth-order valence-electron chi connectivity index (χ4n) is 3.06. The maximum Gasteiger partial charge on any atom is 0.341 e. The molecule has 0 bridgehead atoms. The summed E-state index contributed by atoms with van der Waals surface area (Å²) >= 11 is 1.74. The lowest BCUT2D eigenvalue weighted by Crippen LogP contribution is -2.10. The summed E-state index contributed by atoms with van der Waals surface area (Å²) in [5.74, 6) is 1.12. The Morgan fingerprint density at radius 3 is 2.54 bits per heavy atom. The number of thioether (sulfide) groups is 1. The van der Waals surface area contributed by atoms with Gasteiger partial charge >= 0.3 is 5.97 Å². The van der Waals surface area contributed by atoms with Crippen LogP contribution in [0.2, 0.25) is 0 Å². The van der Waals surface area contributed by atoms with Crippen molar-refractivity contribution in [3.8, 4) is 11.5 Å². The van der Waals surface area contributed by atoms with Gasteiger partial charge in [-0.1, -0.05) is 43.5 Å². The Balaban J connectivity index is 2.16. The molecule has 4 nitrogen and oxygen atoms in total. The molecule has 0 unspecified atom stereocenters. The molecule has 0 aromatic heterocycles. The number of ether oxygens (including phenoxy) is 2. The predicted molar refractivity (Wildman–Crippen MR) is 115 cm³/mol. The van der Waals surface area contributed by atoms with Crippen LogP contribution in [-0.4, -0.2) is 24.8 Å². The Morgan fingerprint density at radius 2 is 1.86 bits per heavy atom. The molecule has 0 amide bonds. The number of methoxy groups -OCH3 is 1. The Kier molecular flexibility index (Phi) is 8.71. The highest BCUT2D eigenvalue weighted by Crippen LogP contribution is 2.37. The molecule has 0 aliphatic rings. The van der Waals surface area contributed by atoms with Gasteiger partial charge in [0.1, 0.15) is 11.5 Å². The van der Waals surface area contributed by atoms with E-state index in [1.807, 2.05) is 13.0 Å². The predicted octanol–water partition coefficient (Wildman–Crippen LogP) is 5.80. The second-order valence-electron chi connectivity index (χ2n) is 6.97. The van der Waals surface area contributed by atoms with Crippen LogP contribution >= 0.6 is 11.8 Å². The monoisotopic (exact) mass is 402 g/mol. The number of carbonyl (C=O) groups is 1. The molecule has 2 aromatic rings. The zero-order valence-electron chi connectivity index (χ0n) is 17.2. The van der Waals surface area contributed by atoms with E-state index in [-0.39, 0.29) is 6.61 Å². The van der Waals surface area contributed by atoms with Gasteiger partial charge in [-0.05, 0) is 49.4 Å². The first-order valence-electron chi connectivity index (χ1n) is 9.69. The summed E-state index contributed by atoms with van der Waals surface area (Å²) in [7, 11) is 1.62. The number of rotatable bonds is 11. The topological polar surface area (TPSA) is 55.8 Å².